The molecule has 1 heterocycles. The maximum Gasteiger partial charge on any atom is 0.416 e. The molecule has 0 aliphatic carbocycles. The monoisotopic (exact) mass is 521 g/mol. The van der Waals surface area contributed by atoms with E-state index in [0.29, 0.717) is 6.42 Å². The number of esters is 1. The molecule has 0 aliphatic rings. The van der Waals surface area contributed by atoms with Gasteiger partial charge >= 0.3 is 23.8 Å². The normalized spacial score (nSPS) is 11.8. The van der Waals surface area contributed by atoms with Gasteiger partial charge in [0.05, 0.1) is 17.7 Å². The molecule has 0 saturated heterocycles. The molecule has 0 spiro atoms. The number of carbonyl (C=O) groups excluding carboxylic acids is 1. The first-order chi connectivity index (χ1) is 17.3. The molecule has 0 bridgehead atoms. The van der Waals surface area contributed by atoms with E-state index in [4.69, 9.17) is 14.6 Å². The van der Waals surface area contributed by atoms with Gasteiger partial charge in [0.1, 0.15) is 5.75 Å². The van der Waals surface area contributed by atoms with E-state index in [2.05, 4.69) is 5.10 Å². The Hall–Kier alpha value is -4.09. The van der Waals surface area contributed by atoms with Crippen LogP contribution in [0.15, 0.2) is 53.3 Å². The molecule has 12 heteroatoms. The highest BCUT2D eigenvalue weighted by atomic mass is 19.4. The summed E-state index contributed by atoms with van der Waals surface area (Å²) in [4.78, 5) is 36.5. The Bertz CT molecular complexity index is 1330. The van der Waals surface area contributed by atoms with Crippen molar-refractivity contribution in [2.45, 2.75) is 58.7 Å². The van der Waals surface area contributed by atoms with E-state index in [0.717, 1.165) is 16.8 Å². The van der Waals surface area contributed by atoms with E-state index in [1.807, 2.05) is 6.92 Å². The van der Waals surface area contributed by atoms with Gasteiger partial charge in [0.25, 0.3) is 0 Å². The number of aromatic nitrogens is 3. The van der Waals surface area contributed by atoms with E-state index >= 15 is 0 Å². The Kier molecular flexibility index (Phi) is 8.09. The lowest BCUT2D eigenvalue weighted by atomic mass is 10.1. The number of alkyl halides is 3. The third-order valence-electron chi connectivity index (χ3n) is 5.34. The molecule has 1 N–H and O–H groups in total. The summed E-state index contributed by atoms with van der Waals surface area (Å²) in [7, 11) is 0. The first kappa shape index (κ1) is 27.5. The lowest BCUT2D eigenvalue weighted by Gasteiger charge is -2.21. The predicted molar refractivity (Wildman–Crippen MR) is 125 cm³/mol. The van der Waals surface area contributed by atoms with E-state index in [-0.39, 0.29) is 42.4 Å². The second-order valence-corrected chi connectivity index (χ2v) is 8.72. The molecule has 37 heavy (non-hydrogen) atoms. The molecule has 198 valence electrons. The van der Waals surface area contributed by atoms with Crippen molar-refractivity contribution in [1.29, 1.82) is 0 Å². The number of carboxylic acids is 1. The predicted octanol–water partition coefficient (Wildman–Crippen LogP) is 4.12. The summed E-state index contributed by atoms with van der Waals surface area (Å²) in [5.74, 6) is -1.47. The molecule has 0 saturated carbocycles. The van der Waals surface area contributed by atoms with Gasteiger partial charge < -0.3 is 14.6 Å². The standard InChI is InChI=1S/C25H26F3N3O6/c1-4-12-30-20(29-31(23(30)35)14-16-6-5-7-18(13-16)25(26,27)28)15-36-21(32)17-8-10-19(11-9-17)37-24(2,3)22(33)34/h5-11,13H,4,12,14-15H2,1-3H3,(H,33,34). The molecular formula is C25H26F3N3O6. The minimum absolute atomic E-state index is 0.148. The number of hydrogen-bond donors (Lipinski definition) is 1. The summed E-state index contributed by atoms with van der Waals surface area (Å²) in [6, 6.07) is 10.3. The second kappa shape index (κ2) is 10.9. The number of hydrogen-bond acceptors (Lipinski definition) is 6. The van der Waals surface area contributed by atoms with E-state index in [1.165, 1.54) is 54.8 Å². The van der Waals surface area contributed by atoms with Crippen LogP contribution in [-0.4, -0.2) is 37.0 Å². The van der Waals surface area contributed by atoms with Crippen LogP contribution in [0.3, 0.4) is 0 Å². The SMILES string of the molecule is CCCn1c(COC(=O)c2ccc(OC(C)(C)C(=O)O)cc2)nn(Cc2cccc(C(F)(F)F)c2)c1=O. The Labute approximate surface area is 210 Å². The average molecular weight is 521 g/mol. The Morgan fingerprint density at radius 3 is 2.35 bits per heavy atom. The fourth-order valence-corrected chi connectivity index (χ4v) is 3.37. The first-order valence-corrected chi connectivity index (χ1v) is 11.3. The van der Waals surface area contributed by atoms with Crippen molar-refractivity contribution in [3.8, 4) is 5.75 Å². The summed E-state index contributed by atoms with van der Waals surface area (Å²) in [6.45, 7) is 4.36. The maximum absolute atomic E-state index is 13.0. The lowest BCUT2D eigenvalue weighted by molar-refractivity contribution is -0.152. The molecule has 1 aromatic heterocycles. The number of carboxylic acid groups (broad SMARTS) is 1. The van der Waals surface area contributed by atoms with Gasteiger partial charge in [-0.2, -0.15) is 18.3 Å². The molecule has 0 unspecified atom stereocenters. The van der Waals surface area contributed by atoms with E-state index in [9.17, 15) is 27.6 Å². The molecular weight excluding hydrogens is 495 g/mol. The summed E-state index contributed by atoms with van der Waals surface area (Å²) in [5.41, 5.74) is -2.42. The minimum atomic E-state index is -4.52. The number of halogens is 3. The fourth-order valence-electron chi connectivity index (χ4n) is 3.37. The number of aliphatic carboxylic acids is 1. The highest BCUT2D eigenvalue weighted by molar-refractivity contribution is 5.89. The van der Waals surface area contributed by atoms with Crippen molar-refractivity contribution in [2.75, 3.05) is 0 Å². The van der Waals surface area contributed by atoms with Crippen molar-refractivity contribution in [1.82, 2.24) is 14.3 Å². The molecule has 0 fully saturated rings. The van der Waals surface area contributed by atoms with Crippen molar-refractivity contribution < 1.29 is 37.3 Å². The summed E-state index contributed by atoms with van der Waals surface area (Å²) < 4.78 is 52.1. The van der Waals surface area contributed by atoms with Gasteiger partial charge in [0.2, 0.25) is 0 Å². The number of carbonyl (C=O) groups is 2. The van der Waals surface area contributed by atoms with Gasteiger partial charge in [0.15, 0.2) is 18.0 Å². The molecule has 0 radical (unpaired) electrons. The topological polar surface area (TPSA) is 113 Å². The fraction of sp³-hybridized carbons (Fsp3) is 0.360. The highest BCUT2D eigenvalue weighted by Gasteiger charge is 2.31. The quantitative estimate of drug-likeness (QED) is 0.400. The van der Waals surface area contributed by atoms with Crippen LogP contribution in [0.25, 0.3) is 0 Å². The van der Waals surface area contributed by atoms with Crippen LogP contribution in [0, 0.1) is 0 Å². The second-order valence-electron chi connectivity index (χ2n) is 8.72. The van der Waals surface area contributed by atoms with Crippen LogP contribution in [0.4, 0.5) is 13.2 Å². The third kappa shape index (κ3) is 6.78. The van der Waals surface area contributed by atoms with Crippen LogP contribution in [-0.2, 0) is 35.4 Å². The summed E-state index contributed by atoms with van der Waals surface area (Å²) in [5, 5.41) is 13.3. The molecule has 2 aromatic carbocycles. The van der Waals surface area contributed by atoms with Gasteiger partial charge in [0, 0.05) is 6.54 Å². The largest absolute Gasteiger partial charge is 0.478 e. The zero-order chi connectivity index (χ0) is 27.4. The third-order valence-corrected chi connectivity index (χ3v) is 5.34. The zero-order valence-corrected chi connectivity index (χ0v) is 20.4. The molecule has 3 aromatic rings. The van der Waals surface area contributed by atoms with Gasteiger partial charge in [-0.1, -0.05) is 19.1 Å². The van der Waals surface area contributed by atoms with Gasteiger partial charge in [-0.05, 0) is 62.2 Å². The van der Waals surface area contributed by atoms with Crippen molar-refractivity contribution in [3.63, 3.8) is 0 Å². The van der Waals surface area contributed by atoms with Crippen LogP contribution in [0.5, 0.6) is 5.75 Å². The maximum atomic E-state index is 13.0. The Morgan fingerprint density at radius 2 is 1.76 bits per heavy atom. The van der Waals surface area contributed by atoms with Crippen LogP contribution >= 0.6 is 0 Å². The lowest BCUT2D eigenvalue weighted by Crippen LogP contribution is -2.37. The molecule has 0 aliphatic heterocycles. The summed E-state index contributed by atoms with van der Waals surface area (Å²) in [6.07, 6.45) is -3.94. The van der Waals surface area contributed by atoms with Crippen LogP contribution in [0.2, 0.25) is 0 Å². The minimum Gasteiger partial charge on any atom is -0.478 e. The summed E-state index contributed by atoms with van der Waals surface area (Å²) >= 11 is 0. The molecule has 9 nitrogen and oxygen atoms in total. The number of rotatable bonds is 10. The van der Waals surface area contributed by atoms with E-state index < -0.39 is 35.0 Å². The van der Waals surface area contributed by atoms with Crippen molar-refractivity contribution >= 4 is 11.9 Å². The highest BCUT2D eigenvalue weighted by Crippen LogP contribution is 2.29. The van der Waals surface area contributed by atoms with E-state index in [1.54, 1.807) is 0 Å². The smallest absolute Gasteiger partial charge is 0.416 e. The molecule has 0 amide bonds. The average Bonchev–Trinajstić information content (AvgIpc) is 3.11. The van der Waals surface area contributed by atoms with Gasteiger partial charge in [-0.15, -0.1) is 0 Å². The van der Waals surface area contributed by atoms with Crippen molar-refractivity contribution in [3.05, 3.63) is 81.5 Å². The first-order valence-electron chi connectivity index (χ1n) is 11.3. The molecule has 3 rings (SSSR count). The number of benzene rings is 2. The zero-order valence-electron chi connectivity index (χ0n) is 20.4. The Morgan fingerprint density at radius 1 is 1.08 bits per heavy atom. The van der Waals surface area contributed by atoms with Crippen LogP contribution in [0.1, 0.15) is 54.5 Å². The Balaban J connectivity index is 1.73. The number of ether oxygens (including phenoxy) is 2. The van der Waals surface area contributed by atoms with Gasteiger partial charge in [-0.3, -0.25) is 4.57 Å². The molecule has 0 atom stereocenters. The number of nitrogens with zero attached hydrogens (tertiary/aromatic N) is 3. The van der Waals surface area contributed by atoms with Crippen molar-refractivity contribution in [2.24, 2.45) is 0 Å². The van der Waals surface area contributed by atoms with Crippen LogP contribution < -0.4 is 10.4 Å². The van der Waals surface area contributed by atoms with Gasteiger partial charge in [-0.25, -0.2) is 19.1 Å².